The first kappa shape index (κ1) is 30.1. The molecule has 190 valence electrons. The highest BCUT2D eigenvalue weighted by Gasteiger charge is 2.20. The van der Waals surface area contributed by atoms with Crippen LogP contribution >= 0.6 is 36.4 Å². The summed E-state index contributed by atoms with van der Waals surface area (Å²) in [4.78, 5) is 33.3. The Morgan fingerprint density at radius 2 is 1.80 bits per heavy atom. The Hall–Kier alpha value is -2.95. The lowest BCUT2D eigenvalue weighted by Gasteiger charge is -2.21. The molecule has 0 aliphatic carbocycles. The van der Waals surface area contributed by atoms with Crippen LogP contribution in [0.3, 0.4) is 0 Å². The van der Waals surface area contributed by atoms with Crippen LogP contribution in [0.1, 0.15) is 39.8 Å². The minimum absolute atomic E-state index is 0. The number of rotatable bonds is 8. The zero-order valence-electron chi connectivity index (χ0n) is 19.1. The topological polar surface area (TPSA) is 94.2 Å². The van der Waals surface area contributed by atoms with Crippen LogP contribution in [-0.4, -0.2) is 52.5 Å². The number of aromatic amines is 1. The summed E-state index contributed by atoms with van der Waals surface area (Å²) in [7, 11) is 3.79. The fourth-order valence-electron chi connectivity index (χ4n) is 3.06. The molecular weight excluding hydrogens is 525 g/mol. The Labute approximate surface area is 218 Å². The average Bonchev–Trinajstić information content (AvgIpc) is 3.24. The zero-order chi connectivity index (χ0) is 24.1. The van der Waals surface area contributed by atoms with Gasteiger partial charge in [-0.05, 0) is 30.2 Å². The Morgan fingerprint density at radius 1 is 1.11 bits per heavy atom. The average molecular weight is 550 g/mol. The Balaban J connectivity index is 0.00000306. The van der Waals surface area contributed by atoms with Crippen LogP contribution in [0.2, 0.25) is 5.02 Å². The predicted molar refractivity (Wildman–Crippen MR) is 136 cm³/mol. The second kappa shape index (κ2) is 13.2. The predicted octanol–water partition coefficient (Wildman–Crippen LogP) is 4.95. The van der Waals surface area contributed by atoms with Crippen molar-refractivity contribution < 1.29 is 18.4 Å². The fourth-order valence-corrected chi connectivity index (χ4v) is 3.30. The summed E-state index contributed by atoms with van der Waals surface area (Å²) in [5.41, 5.74) is 0.768. The summed E-state index contributed by atoms with van der Waals surface area (Å²) in [6, 6.07) is 6.56. The summed E-state index contributed by atoms with van der Waals surface area (Å²) < 4.78 is 26.7. The molecule has 0 unspecified atom stereocenters. The number of carbonyl (C=O) groups is 2. The van der Waals surface area contributed by atoms with Gasteiger partial charge in [0.05, 0.1) is 10.6 Å². The van der Waals surface area contributed by atoms with Gasteiger partial charge in [-0.25, -0.2) is 13.8 Å². The number of pyridine rings is 1. The summed E-state index contributed by atoms with van der Waals surface area (Å²) in [5.74, 6) is -2.62. The van der Waals surface area contributed by atoms with Crippen LogP contribution in [0.15, 0.2) is 36.5 Å². The maximum atomic E-state index is 13.5. The molecule has 8 nitrogen and oxygen atoms in total. The molecule has 2 heterocycles. The van der Waals surface area contributed by atoms with Crippen molar-refractivity contribution in [3.05, 3.63) is 70.0 Å². The third-order valence-electron chi connectivity index (χ3n) is 4.73. The SMILES string of the molecule is CCCN(Cc1ccc(N(C)C)nc1)C(=O)c1cc(NC(=O)c2cc(F)c(F)cc2Cl)n[nH]1.Cl.Cl. The Kier molecular flexibility index (Phi) is 11.4. The molecule has 13 heteroatoms. The monoisotopic (exact) mass is 548 g/mol. The number of carbonyl (C=O) groups excluding carboxylic acids is 2. The quantitative estimate of drug-likeness (QED) is 0.388. The van der Waals surface area contributed by atoms with Gasteiger partial charge in [0, 0.05) is 39.4 Å². The maximum absolute atomic E-state index is 13.5. The lowest BCUT2D eigenvalue weighted by atomic mass is 10.2. The maximum Gasteiger partial charge on any atom is 0.272 e. The fraction of sp³-hybridized carbons (Fsp3) is 0.273. The lowest BCUT2D eigenvalue weighted by molar-refractivity contribution is 0.0737. The smallest absolute Gasteiger partial charge is 0.272 e. The van der Waals surface area contributed by atoms with Crippen molar-refractivity contribution in [2.24, 2.45) is 0 Å². The number of amides is 2. The molecule has 3 rings (SSSR count). The van der Waals surface area contributed by atoms with E-state index in [-0.39, 0.29) is 52.8 Å². The number of nitrogens with one attached hydrogen (secondary N) is 2. The third kappa shape index (κ3) is 7.51. The number of hydrogen-bond donors (Lipinski definition) is 2. The molecular formula is C22H25Cl3F2N6O2. The van der Waals surface area contributed by atoms with Gasteiger partial charge in [0.15, 0.2) is 17.5 Å². The molecule has 0 bridgehead atoms. The minimum atomic E-state index is -1.20. The van der Waals surface area contributed by atoms with Gasteiger partial charge in [-0.3, -0.25) is 14.7 Å². The first-order valence-electron chi connectivity index (χ1n) is 10.1. The number of H-pyrrole nitrogens is 1. The standard InChI is InChI=1S/C22H23ClF2N6O2.2ClH/c1-4-7-31(12-13-5-6-20(26-11-13)30(2)3)22(33)18-10-19(29-28-18)27-21(32)14-8-16(24)17(25)9-15(14)23;;/h5-6,8-11H,4,7,12H2,1-3H3,(H2,27,28,29,32);2*1H. The van der Waals surface area contributed by atoms with Crippen LogP contribution in [0.5, 0.6) is 0 Å². The van der Waals surface area contributed by atoms with Crippen LogP contribution in [0.25, 0.3) is 0 Å². The van der Waals surface area contributed by atoms with Gasteiger partial charge >= 0.3 is 0 Å². The molecule has 0 aliphatic heterocycles. The van der Waals surface area contributed by atoms with Crippen molar-refractivity contribution in [1.29, 1.82) is 0 Å². The van der Waals surface area contributed by atoms with Crippen molar-refractivity contribution in [3.8, 4) is 0 Å². The summed E-state index contributed by atoms with van der Waals surface area (Å²) in [5, 5.41) is 8.69. The molecule has 0 spiro atoms. The molecule has 2 N–H and O–H groups in total. The van der Waals surface area contributed by atoms with Gasteiger partial charge in [0.2, 0.25) is 0 Å². The highest BCUT2D eigenvalue weighted by Crippen LogP contribution is 2.21. The first-order chi connectivity index (χ1) is 15.7. The van der Waals surface area contributed by atoms with Gasteiger partial charge < -0.3 is 15.1 Å². The molecule has 0 aliphatic rings. The number of aromatic nitrogens is 3. The van der Waals surface area contributed by atoms with Crippen LogP contribution in [0, 0.1) is 11.6 Å². The van der Waals surface area contributed by atoms with E-state index in [9.17, 15) is 18.4 Å². The Morgan fingerprint density at radius 3 is 2.40 bits per heavy atom. The van der Waals surface area contributed by atoms with E-state index in [1.165, 1.54) is 6.07 Å². The minimum Gasteiger partial charge on any atom is -0.363 e. The second-order valence-corrected chi connectivity index (χ2v) is 7.92. The molecule has 2 aromatic heterocycles. The zero-order valence-corrected chi connectivity index (χ0v) is 21.5. The highest BCUT2D eigenvalue weighted by atomic mass is 35.5. The molecule has 0 fully saturated rings. The van der Waals surface area contributed by atoms with Crippen LogP contribution in [0.4, 0.5) is 20.4 Å². The van der Waals surface area contributed by atoms with Crippen molar-refractivity contribution >= 4 is 59.9 Å². The number of anilines is 2. The summed E-state index contributed by atoms with van der Waals surface area (Å²) in [6.07, 6.45) is 2.46. The van der Waals surface area contributed by atoms with E-state index in [4.69, 9.17) is 11.6 Å². The molecule has 35 heavy (non-hydrogen) atoms. The molecule has 0 saturated carbocycles. The largest absolute Gasteiger partial charge is 0.363 e. The van der Waals surface area contributed by atoms with Crippen molar-refractivity contribution in [2.75, 3.05) is 30.9 Å². The third-order valence-corrected chi connectivity index (χ3v) is 5.04. The lowest BCUT2D eigenvalue weighted by Crippen LogP contribution is -2.31. The highest BCUT2D eigenvalue weighted by molar-refractivity contribution is 6.34. The summed E-state index contributed by atoms with van der Waals surface area (Å²) in [6.45, 7) is 2.80. The van der Waals surface area contributed by atoms with Gasteiger partial charge in [-0.1, -0.05) is 24.6 Å². The molecule has 0 saturated heterocycles. The van der Waals surface area contributed by atoms with Gasteiger partial charge in [0.1, 0.15) is 11.5 Å². The van der Waals surface area contributed by atoms with E-state index in [1.807, 2.05) is 38.1 Å². The molecule has 0 atom stereocenters. The first-order valence-corrected chi connectivity index (χ1v) is 10.5. The second-order valence-electron chi connectivity index (χ2n) is 7.51. The van der Waals surface area contributed by atoms with E-state index in [0.29, 0.717) is 25.2 Å². The van der Waals surface area contributed by atoms with E-state index < -0.39 is 17.5 Å². The van der Waals surface area contributed by atoms with Crippen molar-refractivity contribution in [1.82, 2.24) is 20.1 Å². The molecule has 3 aromatic rings. The van der Waals surface area contributed by atoms with E-state index >= 15 is 0 Å². The Bertz CT molecular complexity index is 1160. The van der Waals surface area contributed by atoms with Crippen LogP contribution in [-0.2, 0) is 6.54 Å². The van der Waals surface area contributed by atoms with Crippen molar-refractivity contribution in [2.45, 2.75) is 19.9 Å². The number of nitrogens with zero attached hydrogens (tertiary/aromatic N) is 4. The van der Waals surface area contributed by atoms with Crippen molar-refractivity contribution in [3.63, 3.8) is 0 Å². The molecule has 2 amide bonds. The van der Waals surface area contributed by atoms with E-state index in [2.05, 4.69) is 20.5 Å². The summed E-state index contributed by atoms with van der Waals surface area (Å²) >= 11 is 5.83. The van der Waals surface area contributed by atoms with E-state index in [0.717, 1.165) is 17.8 Å². The number of benzene rings is 1. The van der Waals surface area contributed by atoms with Gasteiger partial charge in [-0.15, -0.1) is 24.8 Å². The van der Waals surface area contributed by atoms with E-state index in [1.54, 1.807) is 11.1 Å². The van der Waals surface area contributed by atoms with Crippen LogP contribution < -0.4 is 10.2 Å². The number of halogens is 5. The normalized spacial score (nSPS) is 10.1. The number of hydrogen-bond acceptors (Lipinski definition) is 5. The van der Waals surface area contributed by atoms with Gasteiger partial charge in [0.25, 0.3) is 11.8 Å². The molecule has 1 aromatic carbocycles. The molecule has 0 radical (unpaired) electrons. The van der Waals surface area contributed by atoms with Gasteiger partial charge in [-0.2, -0.15) is 5.10 Å².